The van der Waals surface area contributed by atoms with Gasteiger partial charge in [0.05, 0.1) is 11.1 Å². The lowest BCUT2D eigenvalue weighted by atomic mass is 9.70. The molecule has 0 fully saturated rings. The number of carbonyl (C=O) groups excluding carboxylic acids is 3. The highest BCUT2D eigenvalue weighted by molar-refractivity contribution is 6.31. The van der Waals surface area contributed by atoms with Crippen molar-refractivity contribution >= 4 is 23.3 Å². The molecule has 1 aliphatic carbocycles. The summed E-state index contributed by atoms with van der Waals surface area (Å²) in [4.78, 5) is 50.6. The van der Waals surface area contributed by atoms with Gasteiger partial charge in [-0.2, -0.15) is 0 Å². The van der Waals surface area contributed by atoms with Gasteiger partial charge < -0.3 is 25.4 Å². The van der Waals surface area contributed by atoms with E-state index in [2.05, 4.69) is 5.32 Å². The van der Waals surface area contributed by atoms with E-state index in [9.17, 15) is 34.5 Å². The molecule has 1 aromatic carbocycles. The van der Waals surface area contributed by atoms with E-state index >= 15 is 0 Å². The van der Waals surface area contributed by atoms with Crippen molar-refractivity contribution in [2.75, 3.05) is 0 Å². The summed E-state index contributed by atoms with van der Waals surface area (Å²) in [6.07, 6.45) is 1.65. The van der Waals surface area contributed by atoms with Crippen molar-refractivity contribution in [3.63, 3.8) is 0 Å². The minimum Gasteiger partial charge on any atom is -0.507 e. The normalized spacial score (nSPS) is 22.5. The zero-order valence-electron chi connectivity index (χ0n) is 19.3. The topological polar surface area (TPSA) is 150 Å². The van der Waals surface area contributed by atoms with E-state index in [1.165, 1.54) is 27.7 Å². The Morgan fingerprint density at radius 1 is 1.18 bits per heavy atom. The van der Waals surface area contributed by atoms with Gasteiger partial charge in [-0.05, 0) is 33.6 Å². The Kier molecular flexibility index (Phi) is 5.87. The molecule has 0 aromatic heterocycles. The number of hydrogen-bond donors (Lipinski definition) is 4. The Morgan fingerprint density at radius 2 is 1.79 bits per heavy atom. The number of carboxylic acid groups (broad SMARTS) is 1. The zero-order chi connectivity index (χ0) is 25.0. The Hall–Kier alpha value is -3.62. The molecule has 176 valence electrons. The number of carboxylic acids is 1. The molecular weight excluding hydrogens is 430 g/mol. The Bertz CT molecular complexity index is 1180. The number of rotatable bonds is 6. The molecule has 2 aliphatic rings. The number of phenolic OH excluding ortho intramolecular Hbond substituents is 2. The van der Waals surface area contributed by atoms with Gasteiger partial charge in [-0.25, -0.2) is 4.79 Å². The van der Waals surface area contributed by atoms with E-state index in [4.69, 9.17) is 4.74 Å². The molecule has 3 rings (SSSR count). The second kappa shape index (κ2) is 8.06. The van der Waals surface area contributed by atoms with E-state index in [1.54, 1.807) is 6.92 Å². The Labute approximate surface area is 190 Å². The van der Waals surface area contributed by atoms with Gasteiger partial charge in [0.1, 0.15) is 40.0 Å². The largest absolute Gasteiger partial charge is 0.507 e. The molecule has 0 saturated heterocycles. The molecule has 3 atom stereocenters. The van der Waals surface area contributed by atoms with E-state index in [1.807, 2.05) is 6.92 Å². The maximum absolute atomic E-state index is 13.7. The monoisotopic (exact) mass is 457 g/mol. The van der Waals surface area contributed by atoms with Gasteiger partial charge in [0.15, 0.2) is 17.3 Å². The molecule has 0 unspecified atom stereocenters. The van der Waals surface area contributed by atoms with Crippen LogP contribution in [0.3, 0.4) is 0 Å². The first-order valence-electron chi connectivity index (χ1n) is 10.6. The first kappa shape index (κ1) is 24.0. The summed E-state index contributed by atoms with van der Waals surface area (Å²) in [5, 5.41) is 33.6. The van der Waals surface area contributed by atoms with Crippen molar-refractivity contribution in [3.8, 4) is 17.2 Å². The smallest absolute Gasteiger partial charge is 0.326 e. The van der Waals surface area contributed by atoms with Crippen LogP contribution in [0.2, 0.25) is 0 Å². The third-order valence-corrected chi connectivity index (χ3v) is 6.61. The lowest BCUT2D eigenvalue weighted by molar-refractivity contribution is -0.140. The molecule has 0 amide bonds. The molecule has 4 N–H and O–H groups in total. The first-order chi connectivity index (χ1) is 15.3. The minimum absolute atomic E-state index is 0.00202. The van der Waals surface area contributed by atoms with Crippen molar-refractivity contribution in [1.82, 2.24) is 5.32 Å². The molecule has 0 radical (unpaired) electrons. The lowest BCUT2D eigenvalue weighted by Gasteiger charge is -2.30. The van der Waals surface area contributed by atoms with Crippen LogP contribution in [0.5, 0.6) is 17.2 Å². The number of aromatic hydroxyl groups is 2. The maximum Gasteiger partial charge on any atom is 0.326 e. The average Bonchev–Trinajstić information content (AvgIpc) is 3.02. The summed E-state index contributed by atoms with van der Waals surface area (Å²) in [6, 6.07) is -1.02. The fourth-order valence-electron chi connectivity index (χ4n) is 4.35. The SMILES string of the molecule is CC[C@H](C)[C@H](N/C(C)=C1\C(=O)C=C2Oc3c(C(C)=O)c(O)c(C)c(O)c3[C@@]2(C)C1=O)C(=O)O. The molecular formula is C24H27NO8. The Morgan fingerprint density at radius 3 is 2.30 bits per heavy atom. The van der Waals surface area contributed by atoms with Crippen LogP contribution in [-0.4, -0.2) is 44.7 Å². The highest BCUT2D eigenvalue weighted by Gasteiger charge is 2.56. The number of fused-ring (bicyclic) bond motifs is 3. The maximum atomic E-state index is 13.7. The van der Waals surface area contributed by atoms with Gasteiger partial charge in [-0.15, -0.1) is 0 Å². The van der Waals surface area contributed by atoms with Gasteiger partial charge in [0, 0.05) is 17.3 Å². The van der Waals surface area contributed by atoms with Gasteiger partial charge >= 0.3 is 5.97 Å². The van der Waals surface area contributed by atoms with E-state index < -0.39 is 46.3 Å². The highest BCUT2D eigenvalue weighted by atomic mass is 16.5. The third-order valence-electron chi connectivity index (χ3n) is 6.61. The van der Waals surface area contributed by atoms with E-state index in [0.717, 1.165) is 6.08 Å². The molecule has 9 heteroatoms. The summed E-state index contributed by atoms with van der Waals surface area (Å²) in [7, 11) is 0. The van der Waals surface area contributed by atoms with Crippen molar-refractivity contribution in [1.29, 1.82) is 0 Å². The lowest BCUT2D eigenvalue weighted by Crippen LogP contribution is -2.45. The van der Waals surface area contributed by atoms with Crippen LogP contribution in [0.4, 0.5) is 0 Å². The number of allylic oxidation sites excluding steroid dienone is 4. The van der Waals surface area contributed by atoms with Crippen LogP contribution < -0.4 is 10.1 Å². The first-order valence-corrected chi connectivity index (χ1v) is 10.6. The fraction of sp³-hybridized carbons (Fsp3) is 0.417. The number of ketones is 3. The predicted molar refractivity (Wildman–Crippen MR) is 117 cm³/mol. The van der Waals surface area contributed by atoms with Crippen LogP contribution >= 0.6 is 0 Å². The summed E-state index contributed by atoms with van der Waals surface area (Å²) in [5.41, 5.74) is -2.04. The van der Waals surface area contributed by atoms with Crippen molar-refractivity contribution in [2.24, 2.45) is 5.92 Å². The van der Waals surface area contributed by atoms with Gasteiger partial charge in [-0.1, -0.05) is 20.3 Å². The van der Waals surface area contributed by atoms with Crippen LogP contribution in [0.1, 0.15) is 62.5 Å². The molecule has 9 nitrogen and oxygen atoms in total. The number of aliphatic carboxylic acids is 1. The Balaban J connectivity index is 2.23. The summed E-state index contributed by atoms with van der Waals surface area (Å²) < 4.78 is 5.71. The summed E-state index contributed by atoms with van der Waals surface area (Å²) in [6.45, 7) is 9.08. The quantitative estimate of drug-likeness (QED) is 0.287. The summed E-state index contributed by atoms with van der Waals surface area (Å²) >= 11 is 0. The molecule has 33 heavy (non-hydrogen) atoms. The predicted octanol–water partition coefficient (Wildman–Crippen LogP) is 2.66. The summed E-state index contributed by atoms with van der Waals surface area (Å²) in [5.74, 6) is -4.48. The second-order valence-electron chi connectivity index (χ2n) is 8.73. The van der Waals surface area contributed by atoms with Crippen molar-refractivity contribution in [2.45, 2.75) is 59.4 Å². The van der Waals surface area contributed by atoms with Crippen molar-refractivity contribution in [3.05, 3.63) is 39.8 Å². The minimum atomic E-state index is -1.65. The average molecular weight is 457 g/mol. The number of benzene rings is 1. The molecule has 1 aromatic rings. The molecule has 0 saturated carbocycles. The highest BCUT2D eigenvalue weighted by Crippen LogP contribution is 2.57. The standard InChI is InChI=1S/C24H27NO8/c1-7-9(2)18(23(31)32)25-11(4)15-13(27)8-14-24(6,22(15)30)17-20(29)10(3)19(28)16(12(5)26)21(17)33-14/h8-9,18,25,28-29H,7H2,1-6H3,(H,31,32)/b15-11+/t9-,18-,24-/m0/s1. The molecule has 0 spiro atoms. The fourth-order valence-corrected chi connectivity index (χ4v) is 4.35. The number of hydrogen-bond acceptors (Lipinski definition) is 8. The molecule has 1 heterocycles. The number of carbonyl (C=O) groups is 4. The van der Waals surface area contributed by atoms with Crippen LogP contribution in [0.15, 0.2) is 23.1 Å². The number of Topliss-reactive ketones (excluding diaryl/α,β-unsaturated/α-hetero) is 2. The second-order valence-corrected chi connectivity index (χ2v) is 8.73. The van der Waals surface area contributed by atoms with Crippen LogP contribution in [0, 0.1) is 12.8 Å². The van der Waals surface area contributed by atoms with Crippen LogP contribution in [0.25, 0.3) is 0 Å². The number of phenols is 2. The molecule has 0 bridgehead atoms. The molecule has 1 aliphatic heterocycles. The van der Waals surface area contributed by atoms with E-state index in [-0.39, 0.29) is 45.4 Å². The van der Waals surface area contributed by atoms with E-state index in [0.29, 0.717) is 6.42 Å². The zero-order valence-corrected chi connectivity index (χ0v) is 19.3. The number of ether oxygens (including phenoxy) is 1. The van der Waals surface area contributed by atoms with Gasteiger partial charge in [-0.3, -0.25) is 14.4 Å². The van der Waals surface area contributed by atoms with Gasteiger partial charge in [0.2, 0.25) is 0 Å². The number of nitrogens with one attached hydrogen (secondary N) is 1. The van der Waals surface area contributed by atoms with Gasteiger partial charge in [0.25, 0.3) is 0 Å². The third kappa shape index (κ3) is 3.39. The van der Waals surface area contributed by atoms with Crippen LogP contribution in [-0.2, 0) is 19.8 Å². The van der Waals surface area contributed by atoms with Crippen molar-refractivity contribution < 1.29 is 39.2 Å².